The Kier molecular flexibility index (Phi) is 6.68. The molecule has 30 heavy (non-hydrogen) atoms. The van der Waals surface area contributed by atoms with Crippen LogP contribution in [0.4, 0.5) is 10.5 Å². The predicted molar refractivity (Wildman–Crippen MR) is 124 cm³/mol. The topological polar surface area (TPSA) is 62.2 Å². The van der Waals surface area contributed by atoms with E-state index in [1.807, 2.05) is 41.6 Å². The van der Waals surface area contributed by atoms with Crippen LogP contribution in [0.1, 0.15) is 42.6 Å². The minimum atomic E-state index is -0.115. The number of amides is 2. The summed E-state index contributed by atoms with van der Waals surface area (Å²) in [7, 11) is 0. The van der Waals surface area contributed by atoms with E-state index in [1.54, 1.807) is 0 Å². The number of carbonyl (C=O) groups excluding carboxylic acids is 1. The van der Waals surface area contributed by atoms with E-state index in [9.17, 15) is 4.79 Å². The number of nitrogens with one attached hydrogen (secondary N) is 2. The monoisotopic (exact) mass is 427 g/mol. The summed E-state index contributed by atoms with van der Waals surface area (Å²) in [6.07, 6.45) is 4.91. The van der Waals surface area contributed by atoms with Gasteiger partial charge >= 0.3 is 6.03 Å². The molecule has 4 rings (SSSR count). The van der Waals surface area contributed by atoms with Crippen LogP contribution in [0.25, 0.3) is 0 Å². The number of carbonyl (C=O) groups is 1. The van der Waals surface area contributed by atoms with E-state index in [1.165, 1.54) is 37.2 Å². The van der Waals surface area contributed by atoms with E-state index < -0.39 is 0 Å². The molecule has 1 saturated heterocycles. The molecule has 2 amide bonds. The second-order valence-corrected chi connectivity index (χ2v) is 9.85. The summed E-state index contributed by atoms with van der Waals surface area (Å²) in [6, 6.07) is 9.99. The fourth-order valence-corrected chi connectivity index (χ4v) is 5.75. The van der Waals surface area contributed by atoms with Crippen LogP contribution in [0.2, 0.25) is 0 Å². The second kappa shape index (κ2) is 9.43. The highest BCUT2D eigenvalue weighted by Crippen LogP contribution is 2.36. The van der Waals surface area contributed by atoms with Gasteiger partial charge in [-0.3, -0.25) is 9.58 Å². The minimum absolute atomic E-state index is 0.115. The van der Waals surface area contributed by atoms with Crippen molar-refractivity contribution < 1.29 is 4.79 Å². The molecule has 0 unspecified atom stereocenters. The molecule has 2 aromatic rings. The summed E-state index contributed by atoms with van der Waals surface area (Å²) in [6.45, 7) is 7.79. The first-order valence-electron chi connectivity index (χ1n) is 11.0. The lowest BCUT2D eigenvalue weighted by Gasteiger charge is -2.43. The Morgan fingerprint density at radius 2 is 1.93 bits per heavy atom. The summed E-state index contributed by atoms with van der Waals surface area (Å²) in [5.41, 5.74) is 4.25. The molecule has 6 nitrogen and oxygen atoms in total. The molecule has 2 aliphatic rings. The lowest BCUT2D eigenvalue weighted by Crippen LogP contribution is -2.56. The Bertz CT molecular complexity index is 868. The zero-order valence-electron chi connectivity index (χ0n) is 18.1. The maximum absolute atomic E-state index is 12.7. The van der Waals surface area contributed by atoms with Crippen molar-refractivity contribution in [3.8, 4) is 0 Å². The molecule has 1 aromatic carbocycles. The largest absolute Gasteiger partial charge is 0.336 e. The number of aryl methyl sites for hydroxylation is 2. The van der Waals surface area contributed by atoms with Gasteiger partial charge in [-0.05, 0) is 50.5 Å². The summed E-state index contributed by atoms with van der Waals surface area (Å²) < 4.78 is 2.00. The van der Waals surface area contributed by atoms with Gasteiger partial charge in [0.25, 0.3) is 0 Å². The van der Waals surface area contributed by atoms with Gasteiger partial charge in [0.05, 0.1) is 12.2 Å². The van der Waals surface area contributed by atoms with Crippen molar-refractivity contribution in [2.24, 2.45) is 0 Å². The van der Waals surface area contributed by atoms with Gasteiger partial charge in [0.2, 0.25) is 0 Å². The van der Waals surface area contributed by atoms with Crippen LogP contribution in [0.3, 0.4) is 0 Å². The van der Waals surface area contributed by atoms with E-state index in [0.717, 1.165) is 42.3 Å². The van der Waals surface area contributed by atoms with Gasteiger partial charge in [-0.25, -0.2) is 4.79 Å². The fraction of sp³-hybridized carbons (Fsp3) is 0.565. The number of nitrogens with zero attached hydrogens (tertiary/aromatic N) is 3. The standard InChI is InChI=1S/C23H33N5OS/c1-18-14-19(2)28(26-18)16-20-6-5-7-21(15-20)25-22(29)24-17-23(8-3-4-9-23)27-10-12-30-13-11-27/h5-7,14-15H,3-4,8-13,16-17H2,1-2H3,(H2,24,25,29). The Hall–Kier alpha value is -1.99. The summed E-state index contributed by atoms with van der Waals surface area (Å²) in [5, 5.41) is 10.7. The van der Waals surface area contributed by atoms with Crippen LogP contribution in [0.15, 0.2) is 30.3 Å². The van der Waals surface area contributed by atoms with Crippen LogP contribution < -0.4 is 10.6 Å². The van der Waals surface area contributed by atoms with E-state index in [0.29, 0.717) is 6.54 Å². The van der Waals surface area contributed by atoms with Crippen LogP contribution in [-0.4, -0.2) is 57.4 Å². The van der Waals surface area contributed by atoms with Gasteiger partial charge < -0.3 is 10.6 Å². The molecular weight excluding hydrogens is 394 g/mol. The normalized spacial score (nSPS) is 19.0. The first-order valence-corrected chi connectivity index (χ1v) is 12.2. The number of benzene rings is 1. The molecule has 0 spiro atoms. The van der Waals surface area contributed by atoms with Gasteiger partial charge in [0.15, 0.2) is 0 Å². The smallest absolute Gasteiger partial charge is 0.319 e. The van der Waals surface area contributed by atoms with Crippen molar-refractivity contribution in [3.05, 3.63) is 47.3 Å². The number of urea groups is 1. The van der Waals surface area contributed by atoms with Crippen molar-refractivity contribution in [1.82, 2.24) is 20.0 Å². The molecule has 162 valence electrons. The molecule has 7 heteroatoms. The molecule has 2 N–H and O–H groups in total. The summed E-state index contributed by atoms with van der Waals surface area (Å²) in [5.74, 6) is 2.41. The zero-order chi connectivity index (χ0) is 21.0. The molecule has 2 heterocycles. The van der Waals surface area contributed by atoms with Gasteiger partial charge in [-0.1, -0.05) is 25.0 Å². The van der Waals surface area contributed by atoms with Gasteiger partial charge in [-0.15, -0.1) is 0 Å². The number of anilines is 1. The van der Waals surface area contributed by atoms with E-state index in [-0.39, 0.29) is 11.6 Å². The minimum Gasteiger partial charge on any atom is -0.336 e. The van der Waals surface area contributed by atoms with Crippen LogP contribution in [-0.2, 0) is 6.54 Å². The predicted octanol–water partition coefficient (Wildman–Crippen LogP) is 4.03. The average Bonchev–Trinajstić information content (AvgIpc) is 3.34. The Morgan fingerprint density at radius 1 is 1.17 bits per heavy atom. The molecule has 0 radical (unpaired) electrons. The molecule has 1 aliphatic carbocycles. The van der Waals surface area contributed by atoms with Crippen molar-refractivity contribution in [2.45, 2.75) is 51.6 Å². The fourth-order valence-electron chi connectivity index (χ4n) is 4.85. The SMILES string of the molecule is Cc1cc(C)n(Cc2cccc(NC(=O)NCC3(N4CCSCC4)CCCC3)c2)n1. The van der Waals surface area contributed by atoms with Crippen LogP contribution >= 0.6 is 11.8 Å². The summed E-state index contributed by atoms with van der Waals surface area (Å²) in [4.78, 5) is 15.3. The third kappa shape index (κ3) is 5.01. The molecule has 1 saturated carbocycles. The molecule has 1 aromatic heterocycles. The molecule has 0 atom stereocenters. The van der Waals surface area contributed by atoms with E-state index in [4.69, 9.17) is 0 Å². The van der Waals surface area contributed by atoms with Crippen molar-refractivity contribution in [2.75, 3.05) is 36.5 Å². The Labute approximate surface area is 183 Å². The van der Waals surface area contributed by atoms with Gasteiger partial charge in [0.1, 0.15) is 0 Å². The van der Waals surface area contributed by atoms with Gasteiger partial charge in [-0.2, -0.15) is 16.9 Å². The maximum atomic E-state index is 12.7. The van der Waals surface area contributed by atoms with E-state index >= 15 is 0 Å². The first-order chi connectivity index (χ1) is 14.5. The third-order valence-corrected chi connectivity index (χ3v) is 7.36. The van der Waals surface area contributed by atoms with Crippen LogP contribution in [0, 0.1) is 13.8 Å². The second-order valence-electron chi connectivity index (χ2n) is 8.62. The van der Waals surface area contributed by atoms with Crippen molar-refractivity contribution >= 4 is 23.5 Å². The molecule has 1 aliphatic heterocycles. The molecular formula is C23H33N5OS. The third-order valence-electron chi connectivity index (χ3n) is 6.41. The number of rotatable bonds is 6. The quantitative estimate of drug-likeness (QED) is 0.731. The summed E-state index contributed by atoms with van der Waals surface area (Å²) >= 11 is 2.04. The lowest BCUT2D eigenvalue weighted by atomic mass is 9.94. The van der Waals surface area contributed by atoms with E-state index in [2.05, 4.69) is 39.7 Å². The highest BCUT2D eigenvalue weighted by Gasteiger charge is 2.40. The lowest BCUT2D eigenvalue weighted by molar-refractivity contribution is 0.105. The maximum Gasteiger partial charge on any atom is 0.319 e. The van der Waals surface area contributed by atoms with Crippen LogP contribution in [0.5, 0.6) is 0 Å². The number of hydrogen-bond donors (Lipinski definition) is 2. The van der Waals surface area contributed by atoms with Gasteiger partial charge in [0, 0.05) is 48.1 Å². The Morgan fingerprint density at radius 3 is 2.63 bits per heavy atom. The van der Waals surface area contributed by atoms with Crippen molar-refractivity contribution in [1.29, 1.82) is 0 Å². The average molecular weight is 428 g/mol. The zero-order valence-corrected chi connectivity index (χ0v) is 18.9. The first kappa shape index (κ1) is 21.2. The van der Waals surface area contributed by atoms with Crippen molar-refractivity contribution in [3.63, 3.8) is 0 Å². The highest BCUT2D eigenvalue weighted by molar-refractivity contribution is 7.99. The highest BCUT2D eigenvalue weighted by atomic mass is 32.2. The number of aromatic nitrogens is 2. The molecule has 2 fully saturated rings. The Balaban J connectivity index is 1.35. The number of thioether (sulfide) groups is 1. The molecule has 0 bridgehead atoms. The number of hydrogen-bond acceptors (Lipinski definition) is 4.